The van der Waals surface area contributed by atoms with Crippen LogP contribution in [0.2, 0.25) is 0 Å². The molecule has 4 rings (SSSR count). The molecule has 4 bridgehead atoms. The molecule has 2 nitrogen and oxygen atoms in total. The van der Waals surface area contributed by atoms with Gasteiger partial charge in [-0.2, -0.15) is 0 Å². The first-order valence-electron chi connectivity index (χ1n) is 5.44. The molecule has 0 aromatic heterocycles. The van der Waals surface area contributed by atoms with Crippen molar-refractivity contribution < 1.29 is 4.79 Å². The molecule has 1 aromatic carbocycles. The summed E-state index contributed by atoms with van der Waals surface area (Å²) >= 11 is 0. The van der Waals surface area contributed by atoms with Crippen molar-refractivity contribution >= 4 is 5.91 Å². The first-order chi connectivity index (χ1) is 7.36. The van der Waals surface area contributed by atoms with Crippen molar-refractivity contribution in [1.29, 1.82) is 0 Å². The third kappa shape index (κ3) is 0.751. The minimum absolute atomic E-state index is 0.164. The van der Waals surface area contributed by atoms with Gasteiger partial charge >= 0.3 is 0 Å². The van der Waals surface area contributed by atoms with Crippen LogP contribution in [0.3, 0.4) is 0 Å². The van der Waals surface area contributed by atoms with Crippen LogP contribution in [-0.4, -0.2) is 11.9 Å². The molecule has 2 heteroatoms. The summed E-state index contributed by atoms with van der Waals surface area (Å²) in [5.74, 6) is 1.11. The monoisotopic (exact) mass is 197 g/mol. The zero-order valence-corrected chi connectivity index (χ0v) is 8.18. The highest BCUT2D eigenvalue weighted by molar-refractivity contribution is 5.87. The van der Waals surface area contributed by atoms with Gasteiger partial charge in [-0.15, -0.1) is 0 Å². The zero-order valence-electron chi connectivity index (χ0n) is 8.18. The number of carbonyl (C=O) groups is 1. The van der Waals surface area contributed by atoms with Crippen molar-refractivity contribution in [2.45, 2.75) is 17.9 Å². The van der Waals surface area contributed by atoms with Gasteiger partial charge in [0, 0.05) is 11.8 Å². The van der Waals surface area contributed by atoms with Crippen LogP contribution in [0, 0.1) is 5.92 Å². The molecule has 15 heavy (non-hydrogen) atoms. The molecule has 1 heterocycles. The standard InChI is InChI=1S/C13H11NO/c15-13-12-9-5-6-10(14-13)11(12)8-4-2-1-3-7(8)9/h1-6,9-12H,(H,14,15)/t9-,10-,11-,12+/m0/s1. The van der Waals surface area contributed by atoms with E-state index in [1.165, 1.54) is 11.1 Å². The van der Waals surface area contributed by atoms with Crippen LogP contribution in [0.5, 0.6) is 0 Å². The second kappa shape index (κ2) is 2.32. The fourth-order valence-corrected chi connectivity index (χ4v) is 3.45. The van der Waals surface area contributed by atoms with E-state index in [9.17, 15) is 4.79 Å². The van der Waals surface area contributed by atoms with Crippen molar-refractivity contribution in [3.8, 4) is 0 Å². The summed E-state index contributed by atoms with van der Waals surface area (Å²) < 4.78 is 0. The Labute approximate surface area is 88.0 Å². The van der Waals surface area contributed by atoms with Crippen molar-refractivity contribution in [3.63, 3.8) is 0 Å². The molecular formula is C13H11NO. The number of fused-ring (bicyclic) bond motifs is 2. The van der Waals surface area contributed by atoms with E-state index < -0.39 is 0 Å². The Bertz CT molecular complexity index is 491. The number of rotatable bonds is 0. The van der Waals surface area contributed by atoms with Crippen LogP contribution >= 0.6 is 0 Å². The summed E-state index contributed by atoms with van der Waals surface area (Å²) in [5.41, 5.74) is 2.74. The predicted molar refractivity (Wildman–Crippen MR) is 56.5 cm³/mol. The molecule has 0 spiro atoms. The maximum absolute atomic E-state index is 11.8. The average Bonchev–Trinajstić information content (AvgIpc) is 2.64. The summed E-state index contributed by atoms with van der Waals surface area (Å²) in [6.45, 7) is 0. The van der Waals surface area contributed by atoms with Gasteiger partial charge < -0.3 is 5.32 Å². The SMILES string of the molecule is O=C1N[C@H]2C=C[C@H]3c4ccccc4[C@@H]2[C@H]13. The summed E-state index contributed by atoms with van der Waals surface area (Å²) in [6, 6.07) is 8.72. The highest BCUT2D eigenvalue weighted by Gasteiger charge is 2.53. The van der Waals surface area contributed by atoms with E-state index in [0.717, 1.165) is 0 Å². The molecule has 3 aliphatic rings. The number of benzene rings is 1. The maximum atomic E-state index is 11.8. The normalized spacial score (nSPS) is 39.1. The molecule has 0 saturated carbocycles. The van der Waals surface area contributed by atoms with Gasteiger partial charge in [0.05, 0.1) is 12.0 Å². The van der Waals surface area contributed by atoms with E-state index in [1.807, 2.05) is 0 Å². The molecular weight excluding hydrogens is 186 g/mol. The molecule has 2 aliphatic carbocycles. The predicted octanol–water partition coefficient (Wildman–Crippen LogP) is 1.55. The van der Waals surface area contributed by atoms with Gasteiger partial charge in [-0.05, 0) is 11.1 Å². The number of amides is 1. The molecule has 0 radical (unpaired) electrons. The molecule has 1 N–H and O–H groups in total. The lowest BCUT2D eigenvalue weighted by atomic mass is 9.82. The van der Waals surface area contributed by atoms with E-state index in [4.69, 9.17) is 0 Å². The Morgan fingerprint density at radius 2 is 1.80 bits per heavy atom. The minimum atomic E-state index is 0.164. The van der Waals surface area contributed by atoms with E-state index >= 15 is 0 Å². The van der Waals surface area contributed by atoms with Crippen LogP contribution in [0.1, 0.15) is 23.0 Å². The highest BCUT2D eigenvalue weighted by atomic mass is 16.2. The lowest BCUT2D eigenvalue weighted by Crippen LogP contribution is -2.25. The molecule has 1 fully saturated rings. The molecule has 1 aromatic rings. The summed E-state index contributed by atoms with van der Waals surface area (Å²) in [6.07, 6.45) is 4.37. The topological polar surface area (TPSA) is 29.1 Å². The Morgan fingerprint density at radius 1 is 1.00 bits per heavy atom. The summed E-state index contributed by atoms with van der Waals surface area (Å²) in [5, 5.41) is 3.06. The molecule has 4 atom stereocenters. The number of carbonyl (C=O) groups excluding carboxylic acids is 1. The number of allylic oxidation sites excluding steroid dienone is 1. The van der Waals surface area contributed by atoms with Gasteiger partial charge in [-0.1, -0.05) is 36.4 Å². The van der Waals surface area contributed by atoms with Crippen molar-refractivity contribution in [2.75, 3.05) is 0 Å². The Balaban J connectivity index is 2.01. The second-order valence-corrected chi connectivity index (χ2v) is 4.63. The molecule has 0 unspecified atom stereocenters. The second-order valence-electron chi connectivity index (χ2n) is 4.63. The quantitative estimate of drug-likeness (QED) is 0.628. The lowest BCUT2D eigenvalue weighted by Gasteiger charge is -2.19. The number of nitrogens with one attached hydrogen (secondary N) is 1. The van der Waals surface area contributed by atoms with Crippen LogP contribution in [0.4, 0.5) is 0 Å². The minimum Gasteiger partial charge on any atom is -0.349 e. The third-order valence-corrected chi connectivity index (χ3v) is 4.01. The fourth-order valence-electron chi connectivity index (χ4n) is 3.45. The van der Waals surface area contributed by atoms with Crippen molar-refractivity contribution in [1.82, 2.24) is 5.32 Å². The van der Waals surface area contributed by atoms with Gasteiger partial charge in [0.25, 0.3) is 0 Å². The van der Waals surface area contributed by atoms with E-state index in [2.05, 4.69) is 41.7 Å². The number of hydrogen-bond acceptors (Lipinski definition) is 1. The highest BCUT2D eigenvalue weighted by Crippen LogP contribution is 2.54. The average molecular weight is 197 g/mol. The largest absolute Gasteiger partial charge is 0.349 e. The van der Waals surface area contributed by atoms with Crippen LogP contribution in [0.25, 0.3) is 0 Å². The Kier molecular flexibility index (Phi) is 1.19. The molecule has 1 amide bonds. The van der Waals surface area contributed by atoms with Gasteiger partial charge in [0.1, 0.15) is 0 Å². The van der Waals surface area contributed by atoms with Crippen LogP contribution in [-0.2, 0) is 4.79 Å². The van der Waals surface area contributed by atoms with Gasteiger partial charge in [-0.25, -0.2) is 0 Å². The van der Waals surface area contributed by atoms with Gasteiger partial charge in [-0.3, -0.25) is 4.79 Å². The number of hydrogen-bond donors (Lipinski definition) is 1. The third-order valence-electron chi connectivity index (χ3n) is 4.01. The smallest absolute Gasteiger partial charge is 0.225 e. The molecule has 74 valence electrons. The first-order valence-corrected chi connectivity index (χ1v) is 5.44. The summed E-state index contributed by atoms with van der Waals surface area (Å²) in [4.78, 5) is 11.8. The Hall–Kier alpha value is -1.57. The lowest BCUT2D eigenvalue weighted by molar-refractivity contribution is -0.122. The summed E-state index contributed by atoms with van der Waals surface area (Å²) in [7, 11) is 0. The van der Waals surface area contributed by atoms with Crippen molar-refractivity contribution in [3.05, 3.63) is 47.5 Å². The van der Waals surface area contributed by atoms with Gasteiger partial charge in [0.15, 0.2) is 0 Å². The van der Waals surface area contributed by atoms with Gasteiger partial charge in [0.2, 0.25) is 5.91 Å². The van der Waals surface area contributed by atoms with E-state index in [-0.39, 0.29) is 17.9 Å². The van der Waals surface area contributed by atoms with Crippen molar-refractivity contribution in [2.24, 2.45) is 5.92 Å². The van der Waals surface area contributed by atoms with Crippen LogP contribution in [0.15, 0.2) is 36.4 Å². The molecule has 1 saturated heterocycles. The zero-order chi connectivity index (χ0) is 9.99. The van der Waals surface area contributed by atoms with E-state index in [0.29, 0.717) is 11.8 Å². The first kappa shape index (κ1) is 7.69. The van der Waals surface area contributed by atoms with E-state index in [1.54, 1.807) is 0 Å². The Morgan fingerprint density at radius 3 is 2.67 bits per heavy atom. The van der Waals surface area contributed by atoms with Crippen LogP contribution < -0.4 is 5.32 Å². The fraction of sp³-hybridized carbons (Fsp3) is 0.308. The molecule has 1 aliphatic heterocycles. The maximum Gasteiger partial charge on any atom is 0.225 e.